The van der Waals surface area contributed by atoms with Gasteiger partial charge in [-0.3, -0.25) is 9.79 Å². The minimum Gasteiger partial charge on any atom is -0.385 e. The Morgan fingerprint density at radius 2 is 2.04 bits per heavy atom. The van der Waals surface area contributed by atoms with Crippen LogP contribution in [0, 0.1) is 0 Å². The monoisotopic (exact) mass is 390 g/mol. The Bertz CT molecular complexity index is 628. The van der Waals surface area contributed by atoms with Crippen molar-refractivity contribution in [1.29, 1.82) is 0 Å². The molecule has 0 aromatic heterocycles. The summed E-state index contributed by atoms with van der Waals surface area (Å²) in [7, 11) is 3.52. The van der Waals surface area contributed by atoms with E-state index in [4.69, 9.17) is 9.47 Å². The lowest BCUT2D eigenvalue weighted by atomic mass is 10.1. The van der Waals surface area contributed by atoms with Gasteiger partial charge in [-0.2, -0.15) is 0 Å². The van der Waals surface area contributed by atoms with Crippen LogP contribution in [-0.2, 0) is 16.0 Å². The molecule has 156 valence electrons. The van der Waals surface area contributed by atoms with Crippen LogP contribution in [-0.4, -0.2) is 69.9 Å². The summed E-state index contributed by atoms with van der Waals surface area (Å²) in [6.07, 6.45) is 3.26. The minimum absolute atomic E-state index is 0.0405. The average Bonchev–Trinajstić information content (AvgIpc) is 2.73. The van der Waals surface area contributed by atoms with E-state index in [9.17, 15) is 4.79 Å². The van der Waals surface area contributed by atoms with Gasteiger partial charge < -0.3 is 25.0 Å². The number of carbonyl (C=O) groups is 1. The van der Waals surface area contributed by atoms with Crippen molar-refractivity contribution in [2.75, 3.05) is 47.0 Å². The highest BCUT2D eigenvalue weighted by Gasteiger charge is 2.21. The summed E-state index contributed by atoms with van der Waals surface area (Å²) in [5.41, 5.74) is 1.74. The van der Waals surface area contributed by atoms with E-state index < -0.39 is 0 Å². The smallest absolute Gasteiger partial charge is 0.251 e. The highest BCUT2D eigenvalue weighted by Crippen LogP contribution is 2.14. The Labute approximate surface area is 168 Å². The largest absolute Gasteiger partial charge is 0.385 e. The second kappa shape index (κ2) is 12.4. The first kappa shape index (κ1) is 22.2. The van der Waals surface area contributed by atoms with Crippen molar-refractivity contribution < 1.29 is 14.3 Å². The predicted octanol–water partition coefficient (Wildman–Crippen LogP) is 2.03. The number of benzene rings is 1. The summed E-state index contributed by atoms with van der Waals surface area (Å²) in [4.78, 5) is 18.7. The van der Waals surface area contributed by atoms with Crippen LogP contribution in [0.15, 0.2) is 29.3 Å². The number of piperidine rings is 1. The number of hydrogen-bond acceptors (Lipinski definition) is 4. The van der Waals surface area contributed by atoms with Crippen molar-refractivity contribution in [1.82, 2.24) is 15.5 Å². The van der Waals surface area contributed by atoms with Gasteiger partial charge in [0.1, 0.15) is 0 Å². The molecule has 0 unspecified atom stereocenters. The van der Waals surface area contributed by atoms with Gasteiger partial charge in [0.15, 0.2) is 5.96 Å². The second-order valence-electron chi connectivity index (χ2n) is 6.86. The molecule has 1 aromatic carbocycles. The molecule has 0 spiro atoms. The third kappa shape index (κ3) is 7.13. The van der Waals surface area contributed by atoms with Gasteiger partial charge in [0.2, 0.25) is 0 Å². The zero-order valence-corrected chi connectivity index (χ0v) is 17.4. The van der Waals surface area contributed by atoms with Gasteiger partial charge >= 0.3 is 0 Å². The maximum absolute atomic E-state index is 12.0. The third-order valence-corrected chi connectivity index (χ3v) is 4.78. The molecule has 1 saturated heterocycles. The Morgan fingerprint density at radius 3 is 2.71 bits per heavy atom. The molecule has 0 atom stereocenters. The van der Waals surface area contributed by atoms with Crippen LogP contribution >= 0.6 is 0 Å². The maximum atomic E-state index is 12.0. The summed E-state index contributed by atoms with van der Waals surface area (Å²) in [6.45, 7) is 6.53. The number of ether oxygens (including phenoxy) is 2. The van der Waals surface area contributed by atoms with Crippen molar-refractivity contribution in [3.8, 4) is 0 Å². The van der Waals surface area contributed by atoms with Crippen LogP contribution in [0.5, 0.6) is 0 Å². The van der Waals surface area contributed by atoms with Crippen LogP contribution in [0.4, 0.5) is 0 Å². The Hall–Kier alpha value is -2.12. The van der Waals surface area contributed by atoms with Gasteiger partial charge in [0.05, 0.1) is 6.10 Å². The number of amides is 1. The van der Waals surface area contributed by atoms with Crippen molar-refractivity contribution in [2.45, 2.75) is 38.8 Å². The zero-order valence-electron chi connectivity index (χ0n) is 17.4. The van der Waals surface area contributed by atoms with Crippen molar-refractivity contribution in [3.05, 3.63) is 35.4 Å². The fourth-order valence-electron chi connectivity index (χ4n) is 3.29. The van der Waals surface area contributed by atoms with E-state index in [2.05, 4.69) is 20.5 Å². The number of aliphatic imine (C=N–C) groups is 1. The zero-order chi connectivity index (χ0) is 20.2. The van der Waals surface area contributed by atoms with Gasteiger partial charge in [-0.15, -0.1) is 0 Å². The van der Waals surface area contributed by atoms with Crippen molar-refractivity contribution >= 4 is 11.9 Å². The standard InChI is InChI=1S/C21H34N4O3/c1-4-23-20(26)18-8-5-7-17(15-18)16-24-21(22-2)25-11-9-19(10-12-25)28-14-6-13-27-3/h5,7-8,15,19H,4,6,9-14,16H2,1-3H3,(H,22,24)(H,23,26). The summed E-state index contributed by atoms with van der Waals surface area (Å²) in [5.74, 6) is 0.850. The Morgan fingerprint density at radius 1 is 1.25 bits per heavy atom. The number of methoxy groups -OCH3 is 1. The topological polar surface area (TPSA) is 75.2 Å². The van der Waals surface area contributed by atoms with Crippen LogP contribution in [0.1, 0.15) is 42.1 Å². The first-order valence-corrected chi connectivity index (χ1v) is 10.1. The normalized spacial score (nSPS) is 15.5. The molecule has 1 aliphatic rings. The molecule has 2 rings (SSSR count). The third-order valence-electron chi connectivity index (χ3n) is 4.78. The molecular weight excluding hydrogens is 356 g/mol. The maximum Gasteiger partial charge on any atom is 0.251 e. The number of nitrogens with one attached hydrogen (secondary N) is 2. The van der Waals surface area contributed by atoms with E-state index >= 15 is 0 Å². The number of nitrogens with zero attached hydrogens (tertiary/aromatic N) is 2. The van der Waals surface area contributed by atoms with Gasteiger partial charge in [-0.25, -0.2) is 0 Å². The first-order chi connectivity index (χ1) is 13.7. The fourth-order valence-corrected chi connectivity index (χ4v) is 3.29. The number of carbonyl (C=O) groups excluding carboxylic acids is 1. The molecule has 0 bridgehead atoms. The number of guanidine groups is 1. The summed E-state index contributed by atoms with van der Waals surface area (Å²) in [6, 6.07) is 7.69. The van der Waals surface area contributed by atoms with Gasteiger partial charge in [0.25, 0.3) is 5.91 Å². The molecule has 7 nitrogen and oxygen atoms in total. The molecule has 0 saturated carbocycles. The van der Waals surface area contributed by atoms with Gasteiger partial charge in [-0.1, -0.05) is 12.1 Å². The van der Waals surface area contributed by atoms with Crippen LogP contribution in [0.2, 0.25) is 0 Å². The predicted molar refractivity (Wildman–Crippen MR) is 112 cm³/mol. The highest BCUT2D eigenvalue weighted by atomic mass is 16.5. The fraction of sp³-hybridized carbons (Fsp3) is 0.619. The summed E-state index contributed by atoms with van der Waals surface area (Å²) < 4.78 is 11.0. The lowest BCUT2D eigenvalue weighted by Gasteiger charge is -2.34. The highest BCUT2D eigenvalue weighted by molar-refractivity contribution is 5.94. The molecule has 1 aliphatic heterocycles. The molecular formula is C21H34N4O3. The Kier molecular flexibility index (Phi) is 9.79. The van der Waals surface area contributed by atoms with E-state index in [0.717, 1.165) is 57.1 Å². The molecule has 0 aliphatic carbocycles. The number of likely N-dealkylation sites (tertiary alicyclic amines) is 1. The molecule has 0 radical (unpaired) electrons. The summed E-state index contributed by atoms with van der Waals surface area (Å²) in [5, 5.41) is 6.25. The summed E-state index contributed by atoms with van der Waals surface area (Å²) >= 11 is 0. The molecule has 2 N–H and O–H groups in total. The van der Waals surface area contributed by atoms with Gasteiger partial charge in [0, 0.05) is 59.1 Å². The molecule has 1 heterocycles. The average molecular weight is 391 g/mol. The van der Waals surface area contributed by atoms with E-state index in [0.29, 0.717) is 24.8 Å². The molecule has 7 heteroatoms. The number of rotatable bonds is 9. The molecule has 1 aromatic rings. The van der Waals surface area contributed by atoms with Crippen LogP contribution in [0.3, 0.4) is 0 Å². The Balaban J connectivity index is 1.79. The second-order valence-corrected chi connectivity index (χ2v) is 6.86. The lowest BCUT2D eigenvalue weighted by molar-refractivity contribution is 0.00989. The van der Waals surface area contributed by atoms with E-state index in [1.54, 1.807) is 14.2 Å². The molecule has 28 heavy (non-hydrogen) atoms. The van der Waals surface area contributed by atoms with Crippen LogP contribution < -0.4 is 10.6 Å². The van der Waals surface area contributed by atoms with Crippen molar-refractivity contribution in [2.24, 2.45) is 4.99 Å². The van der Waals surface area contributed by atoms with Crippen LogP contribution in [0.25, 0.3) is 0 Å². The van der Waals surface area contributed by atoms with E-state index in [1.165, 1.54) is 0 Å². The SMILES string of the molecule is CCNC(=O)c1cccc(CNC(=NC)N2CCC(OCCCOC)CC2)c1. The van der Waals surface area contributed by atoms with Gasteiger partial charge in [-0.05, 0) is 43.9 Å². The quantitative estimate of drug-likeness (QED) is 0.383. The minimum atomic E-state index is -0.0405. The number of hydrogen-bond donors (Lipinski definition) is 2. The van der Waals surface area contributed by atoms with E-state index in [-0.39, 0.29) is 5.91 Å². The molecule has 1 amide bonds. The first-order valence-electron chi connectivity index (χ1n) is 10.1. The molecule has 1 fully saturated rings. The van der Waals surface area contributed by atoms with E-state index in [1.807, 2.05) is 31.2 Å². The lowest BCUT2D eigenvalue weighted by Crippen LogP contribution is -2.46. The van der Waals surface area contributed by atoms with Crippen molar-refractivity contribution in [3.63, 3.8) is 0 Å².